The Morgan fingerprint density at radius 2 is 1.64 bits per heavy atom. The van der Waals surface area contributed by atoms with Crippen molar-refractivity contribution in [2.75, 3.05) is 20.8 Å². The molecule has 5 nitrogen and oxygen atoms in total. The van der Waals surface area contributed by atoms with Crippen LogP contribution in [-0.2, 0) is 27.1 Å². The molecule has 0 spiro atoms. The highest BCUT2D eigenvalue weighted by Gasteiger charge is 2.19. The fourth-order valence-electron chi connectivity index (χ4n) is 2.66. The summed E-state index contributed by atoms with van der Waals surface area (Å²) in [6.45, 7) is 0.542. The summed E-state index contributed by atoms with van der Waals surface area (Å²) in [4.78, 5) is 23.8. The molecule has 1 N–H and O–H groups in total. The van der Waals surface area contributed by atoms with Crippen LogP contribution in [0.2, 0.25) is 0 Å². The Balaban J connectivity index is 1.99. The van der Waals surface area contributed by atoms with E-state index in [1.165, 1.54) is 14.2 Å². The third kappa shape index (κ3) is 5.43. The Morgan fingerprint density at radius 3 is 2.32 bits per heavy atom. The van der Waals surface area contributed by atoms with Gasteiger partial charge in [0.2, 0.25) is 0 Å². The molecule has 2 rings (SSSR count). The molecule has 1 unspecified atom stereocenters. The second kappa shape index (κ2) is 9.59. The molecule has 0 bridgehead atoms. The third-order valence-electron chi connectivity index (χ3n) is 3.98. The minimum Gasteiger partial charge on any atom is -0.468 e. The second-order valence-electron chi connectivity index (χ2n) is 5.62. The van der Waals surface area contributed by atoms with Crippen LogP contribution in [-0.4, -0.2) is 38.7 Å². The lowest BCUT2D eigenvalue weighted by molar-refractivity contribution is -0.143. The Hall–Kier alpha value is -2.66. The summed E-state index contributed by atoms with van der Waals surface area (Å²) in [6.07, 6.45) is 1.15. The zero-order valence-corrected chi connectivity index (χ0v) is 14.5. The standard InChI is InChI=1S/C20H23NO4/c1-24-19(22)17-11-7-6-10-16(17)12-13-21-18(20(23)25-2)14-15-8-4-3-5-9-15/h3-11,18,21H,12-14H2,1-2H3. The number of carbonyl (C=O) groups is 2. The average Bonchev–Trinajstić information content (AvgIpc) is 2.67. The van der Waals surface area contributed by atoms with E-state index in [-0.39, 0.29) is 11.9 Å². The minimum absolute atomic E-state index is 0.301. The molecule has 0 aliphatic carbocycles. The number of hydrogen-bond acceptors (Lipinski definition) is 5. The SMILES string of the molecule is COC(=O)c1ccccc1CCNC(Cc1ccccc1)C(=O)OC. The summed E-state index contributed by atoms with van der Waals surface area (Å²) in [5.74, 6) is -0.658. The number of hydrogen-bond donors (Lipinski definition) is 1. The molecule has 5 heteroatoms. The van der Waals surface area contributed by atoms with E-state index in [9.17, 15) is 9.59 Å². The topological polar surface area (TPSA) is 64.6 Å². The molecule has 0 heterocycles. The van der Waals surface area contributed by atoms with Gasteiger partial charge < -0.3 is 14.8 Å². The number of rotatable bonds is 8. The molecule has 1 atom stereocenters. The molecule has 0 fully saturated rings. The number of methoxy groups -OCH3 is 2. The lowest BCUT2D eigenvalue weighted by Gasteiger charge is -2.17. The van der Waals surface area contributed by atoms with E-state index in [1.54, 1.807) is 12.1 Å². The van der Waals surface area contributed by atoms with E-state index in [0.29, 0.717) is 24.9 Å². The fourth-order valence-corrected chi connectivity index (χ4v) is 2.66. The first-order chi connectivity index (χ1) is 12.2. The number of benzene rings is 2. The maximum absolute atomic E-state index is 12.0. The highest BCUT2D eigenvalue weighted by molar-refractivity contribution is 5.91. The predicted molar refractivity (Wildman–Crippen MR) is 95.4 cm³/mol. The molecule has 0 saturated heterocycles. The van der Waals surface area contributed by atoms with Crippen molar-refractivity contribution in [1.29, 1.82) is 0 Å². The van der Waals surface area contributed by atoms with Crippen molar-refractivity contribution in [1.82, 2.24) is 5.32 Å². The smallest absolute Gasteiger partial charge is 0.338 e. The van der Waals surface area contributed by atoms with Crippen LogP contribution in [0.5, 0.6) is 0 Å². The van der Waals surface area contributed by atoms with Gasteiger partial charge in [-0.2, -0.15) is 0 Å². The minimum atomic E-state index is -0.433. The van der Waals surface area contributed by atoms with Gasteiger partial charge in [0, 0.05) is 6.54 Å². The van der Waals surface area contributed by atoms with Crippen molar-refractivity contribution < 1.29 is 19.1 Å². The first kappa shape index (κ1) is 18.7. The number of carbonyl (C=O) groups excluding carboxylic acids is 2. The molecule has 2 aromatic rings. The molecule has 0 aliphatic rings. The first-order valence-corrected chi connectivity index (χ1v) is 8.17. The van der Waals surface area contributed by atoms with Crippen LogP contribution in [0.4, 0.5) is 0 Å². The summed E-state index contributed by atoms with van der Waals surface area (Å²) < 4.78 is 9.70. The third-order valence-corrected chi connectivity index (χ3v) is 3.98. The number of nitrogens with one attached hydrogen (secondary N) is 1. The molecule has 132 valence electrons. The maximum Gasteiger partial charge on any atom is 0.338 e. The van der Waals surface area contributed by atoms with Crippen molar-refractivity contribution in [2.45, 2.75) is 18.9 Å². The van der Waals surface area contributed by atoms with E-state index in [2.05, 4.69) is 5.32 Å². The van der Waals surface area contributed by atoms with Gasteiger partial charge in [0.1, 0.15) is 6.04 Å². The molecule has 0 saturated carbocycles. The zero-order chi connectivity index (χ0) is 18.1. The monoisotopic (exact) mass is 341 g/mol. The molecule has 2 aromatic carbocycles. The summed E-state index contributed by atoms with van der Waals surface area (Å²) in [5.41, 5.74) is 2.48. The molecular weight excluding hydrogens is 318 g/mol. The van der Waals surface area contributed by atoms with Crippen LogP contribution >= 0.6 is 0 Å². The summed E-state index contributed by atoms with van der Waals surface area (Å²) in [5, 5.41) is 3.22. The maximum atomic E-state index is 12.0. The molecular formula is C20H23NO4. The van der Waals surface area contributed by atoms with Crippen molar-refractivity contribution in [3.8, 4) is 0 Å². The van der Waals surface area contributed by atoms with E-state index < -0.39 is 6.04 Å². The van der Waals surface area contributed by atoms with Gasteiger partial charge in [-0.05, 0) is 30.0 Å². The van der Waals surface area contributed by atoms with Crippen LogP contribution in [0, 0.1) is 0 Å². The van der Waals surface area contributed by atoms with Gasteiger partial charge in [-0.15, -0.1) is 0 Å². The molecule has 0 radical (unpaired) electrons. The largest absolute Gasteiger partial charge is 0.468 e. The van der Waals surface area contributed by atoms with Crippen LogP contribution in [0.15, 0.2) is 54.6 Å². The summed E-state index contributed by atoms with van der Waals surface area (Å²) >= 11 is 0. The Morgan fingerprint density at radius 1 is 0.960 bits per heavy atom. The van der Waals surface area contributed by atoms with Gasteiger partial charge in [0.15, 0.2) is 0 Å². The Bertz CT molecular complexity index is 700. The van der Waals surface area contributed by atoms with Crippen molar-refractivity contribution in [2.24, 2.45) is 0 Å². The highest BCUT2D eigenvalue weighted by atomic mass is 16.5. The normalized spacial score (nSPS) is 11.6. The molecule has 0 amide bonds. The van der Waals surface area contributed by atoms with E-state index in [0.717, 1.165) is 11.1 Å². The average molecular weight is 341 g/mol. The van der Waals surface area contributed by atoms with Gasteiger partial charge in [-0.3, -0.25) is 4.79 Å². The molecule has 25 heavy (non-hydrogen) atoms. The van der Waals surface area contributed by atoms with Crippen LogP contribution in [0.1, 0.15) is 21.5 Å². The lowest BCUT2D eigenvalue weighted by atomic mass is 10.0. The van der Waals surface area contributed by atoms with E-state index in [4.69, 9.17) is 9.47 Å². The van der Waals surface area contributed by atoms with Gasteiger partial charge in [-0.1, -0.05) is 48.5 Å². The number of esters is 2. The van der Waals surface area contributed by atoms with Crippen molar-refractivity contribution in [3.05, 3.63) is 71.3 Å². The van der Waals surface area contributed by atoms with Crippen LogP contribution in [0.3, 0.4) is 0 Å². The molecule has 0 aromatic heterocycles. The van der Waals surface area contributed by atoms with E-state index in [1.807, 2.05) is 42.5 Å². The summed E-state index contributed by atoms with van der Waals surface area (Å²) in [7, 11) is 2.75. The van der Waals surface area contributed by atoms with Crippen molar-refractivity contribution >= 4 is 11.9 Å². The van der Waals surface area contributed by atoms with Gasteiger partial charge in [0.05, 0.1) is 19.8 Å². The van der Waals surface area contributed by atoms with Gasteiger partial charge in [0.25, 0.3) is 0 Å². The highest BCUT2D eigenvalue weighted by Crippen LogP contribution is 2.11. The predicted octanol–water partition coefficient (Wildman–Crippen LogP) is 2.39. The second-order valence-corrected chi connectivity index (χ2v) is 5.62. The van der Waals surface area contributed by atoms with Gasteiger partial charge in [-0.25, -0.2) is 4.79 Å². The van der Waals surface area contributed by atoms with E-state index >= 15 is 0 Å². The van der Waals surface area contributed by atoms with Crippen LogP contribution < -0.4 is 5.32 Å². The lowest BCUT2D eigenvalue weighted by Crippen LogP contribution is -2.40. The zero-order valence-electron chi connectivity index (χ0n) is 14.5. The summed E-state index contributed by atoms with van der Waals surface area (Å²) in [6, 6.07) is 16.6. The van der Waals surface area contributed by atoms with Gasteiger partial charge >= 0.3 is 11.9 Å². The quantitative estimate of drug-likeness (QED) is 0.747. The molecule has 0 aliphatic heterocycles. The van der Waals surface area contributed by atoms with Crippen molar-refractivity contribution in [3.63, 3.8) is 0 Å². The Labute approximate surface area is 148 Å². The number of ether oxygens (including phenoxy) is 2. The van der Waals surface area contributed by atoms with Crippen LogP contribution in [0.25, 0.3) is 0 Å². The first-order valence-electron chi connectivity index (χ1n) is 8.17. The fraction of sp³-hybridized carbons (Fsp3) is 0.300. The Kier molecular flexibility index (Phi) is 7.16.